The standard InChI is InChI=1S/C15H23N5/c1-4-7-16-14-10-12(18-13(5-2)19-14)11-15-17-8-9-20(15)6-3/h8-10H,4-7,11H2,1-3H3,(H,16,18,19). The van der Waals surface area contributed by atoms with E-state index in [4.69, 9.17) is 0 Å². The van der Waals surface area contributed by atoms with Gasteiger partial charge < -0.3 is 9.88 Å². The number of rotatable bonds is 7. The highest BCUT2D eigenvalue weighted by atomic mass is 15.1. The SMILES string of the molecule is CCCNc1cc(Cc2nccn2CC)nc(CC)n1. The van der Waals surface area contributed by atoms with E-state index >= 15 is 0 Å². The highest BCUT2D eigenvalue weighted by molar-refractivity contribution is 5.36. The van der Waals surface area contributed by atoms with Gasteiger partial charge in [0.1, 0.15) is 17.5 Å². The van der Waals surface area contributed by atoms with Gasteiger partial charge in [0.2, 0.25) is 0 Å². The van der Waals surface area contributed by atoms with Gasteiger partial charge in [-0.05, 0) is 13.3 Å². The van der Waals surface area contributed by atoms with E-state index in [1.54, 1.807) is 0 Å². The molecule has 2 aromatic rings. The molecule has 0 aliphatic heterocycles. The van der Waals surface area contributed by atoms with Gasteiger partial charge in [-0.3, -0.25) is 0 Å². The third-order valence-electron chi connectivity index (χ3n) is 3.18. The number of hydrogen-bond acceptors (Lipinski definition) is 4. The average Bonchev–Trinajstić information content (AvgIpc) is 2.92. The topological polar surface area (TPSA) is 55.6 Å². The molecule has 2 aromatic heterocycles. The molecule has 0 amide bonds. The third-order valence-corrected chi connectivity index (χ3v) is 3.18. The predicted molar refractivity (Wildman–Crippen MR) is 80.9 cm³/mol. The maximum absolute atomic E-state index is 4.61. The number of imidazole rings is 1. The van der Waals surface area contributed by atoms with Crippen molar-refractivity contribution >= 4 is 5.82 Å². The minimum Gasteiger partial charge on any atom is -0.370 e. The predicted octanol–water partition coefficient (Wildman–Crippen LogP) is 2.67. The van der Waals surface area contributed by atoms with Crippen LogP contribution in [0.3, 0.4) is 0 Å². The van der Waals surface area contributed by atoms with Crippen molar-refractivity contribution in [2.45, 2.75) is 46.6 Å². The van der Waals surface area contributed by atoms with Crippen LogP contribution in [0.4, 0.5) is 5.82 Å². The Labute approximate surface area is 120 Å². The molecule has 0 atom stereocenters. The molecule has 0 fully saturated rings. The van der Waals surface area contributed by atoms with Crippen LogP contribution in [-0.2, 0) is 19.4 Å². The minimum atomic E-state index is 0.747. The number of nitrogens with zero attached hydrogens (tertiary/aromatic N) is 4. The molecule has 0 saturated heterocycles. The van der Waals surface area contributed by atoms with Crippen LogP contribution in [0.25, 0.3) is 0 Å². The first-order chi connectivity index (χ1) is 9.76. The van der Waals surface area contributed by atoms with E-state index in [-0.39, 0.29) is 0 Å². The van der Waals surface area contributed by atoms with Crippen molar-refractivity contribution < 1.29 is 0 Å². The molecule has 108 valence electrons. The van der Waals surface area contributed by atoms with Crippen molar-refractivity contribution in [1.29, 1.82) is 0 Å². The van der Waals surface area contributed by atoms with E-state index in [0.29, 0.717) is 0 Å². The van der Waals surface area contributed by atoms with Crippen LogP contribution in [0, 0.1) is 0 Å². The Hall–Kier alpha value is -1.91. The molecule has 0 saturated carbocycles. The van der Waals surface area contributed by atoms with Crippen molar-refractivity contribution in [2.24, 2.45) is 0 Å². The summed E-state index contributed by atoms with van der Waals surface area (Å²) >= 11 is 0. The Bertz CT molecular complexity index is 547. The molecule has 0 radical (unpaired) electrons. The van der Waals surface area contributed by atoms with Crippen molar-refractivity contribution in [2.75, 3.05) is 11.9 Å². The van der Waals surface area contributed by atoms with Gasteiger partial charge in [0.25, 0.3) is 0 Å². The summed E-state index contributed by atoms with van der Waals surface area (Å²) in [6.45, 7) is 8.21. The second kappa shape index (κ2) is 7.03. The Balaban J connectivity index is 2.21. The molecule has 0 unspecified atom stereocenters. The van der Waals surface area contributed by atoms with E-state index in [1.165, 1.54) is 0 Å². The monoisotopic (exact) mass is 273 g/mol. The van der Waals surface area contributed by atoms with Gasteiger partial charge in [-0.1, -0.05) is 13.8 Å². The normalized spacial score (nSPS) is 10.8. The first-order valence-corrected chi connectivity index (χ1v) is 7.37. The van der Waals surface area contributed by atoms with E-state index in [2.05, 4.69) is 45.6 Å². The van der Waals surface area contributed by atoms with Gasteiger partial charge in [0.05, 0.1) is 5.69 Å². The molecule has 0 aliphatic carbocycles. The van der Waals surface area contributed by atoms with Crippen LogP contribution in [-0.4, -0.2) is 26.1 Å². The number of aromatic nitrogens is 4. The van der Waals surface area contributed by atoms with Gasteiger partial charge in [0.15, 0.2) is 0 Å². The lowest BCUT2D eigenvalue weighted by atomic mass is 10.2. The molecule has 1 N–H and O–H groups in total. The fourth-order valence-electron chi connectivity index (χ4n) is 2.10. The second-order valence-electron chi connectivity index (χ2n) is 4.75. The summed E-state index contributed by atoms with van der Waals surface area (Å²) in [5.74, 6) is 2.86. The summed E-state index contributed by atoms with van der Waals surface area (Å²) in [6, 6.07) is 2.03. The lowest BCUT2D eigenvalue weighted by Gasteiger charge is -2.09. The van der Waals surface area contributed by atoms with Crippen LogP contribution < -0.4 is 5.32 Å². The van der Waals surface area contributed by atoms with Crippen molar-refractivity contribution in [1.82, 2.24) is 19.5 Å². The van der Waals surface area contributed by atoms with Gasteiger partial charge >= 0.3 is 0 Å². The van der Waals surface area contributed by atoms with Crippen LogP contribution in [0.15, 0.2) is 18.5 Å². The molecular weight excluding hydrogens is 250 g/mol. The Morgan fingerprint density at radius 2 is 2.05 bits per heavy atom. The van der Waals surface area contributed by atoms with Crippen molar-refractivity contribution in [3.8, 4) is 0 Å². The molecule has 20 heavy (non-hydrogen) atoms. The largest absolute Gasteiger partial charge is 0.370 e. The number of nitrogens with one attached hydrogen (secondary N) is 1. The zero-order valence-electron chi connectivity index (χ0n) is 12.6. The number of hydrogen-bond donors (Lipinski definition) is 1. The van der Waals surface area contributed by atoms with Gasteiger partial charge in [-0.2, -0.15) is 0 Å². The fourth-order valence-corrected chi connectivity index (χ4v) is 2.10. The molecule has 2 heterocycles. The quantitative estimate of drug-likeness (QED) is 0.842. The molecule has 0 spiro atoms. The second-order valence-corrected chi connectivity index (χ2v) is 4.75. The third kappa shape index (κ3) is 3.56. The maximum atomic E-state index is 4.61. The van der Waals surface area contributed by atoms with Gasteiger partial charge in [0, 0.05) is 44.4 Å². The zero-order chi connectivity index (χ0) is 14.4. The Kier molecular flexibility index (Phi) is 5.09. The van der Waals surface area contributed by atoms with Crippen molar-refractivity contribution in [3.63, 3.8) is 0 Å². The first kappa shape index (κ1) is 14.5. The van der Waals surface area contributed by atoms with E-state index in [1.807, 2.05) is 18.5 Å². The summed E-state index contributed by atoms with van der Waals surface area (Å²) in [6.07, 6.45) is 6.53. The number of aryl methyl sites for hydroxylation is 2. The van der Waals surface area contributed by atoms with Crippen molar-refractivity contribution in [3.05, 3.63) is 35.8 Å². The summed E-state index contributed by atoms with van der Waals surface area (Å²) in [4.78, 5) is 13.5. The maximum Gasteiger partial charge on any atom is 0.130 e. The summed E-state index contributed by atoms with van der Waals surface area (Å²) in [7, 11) is 0. The summed E-state index contributed by atoms with van der Waals surface area (Å²) in [5.41, 5.74) is 1.02. The molecule has 2 rings (SSSR count). The molecule has 5 heteroatoms. The minimum absolute atomic E-state index is 0.747. The lowest BCUT2D eigenvalue weighted by Crippen LogP contribution is -2.09. The van der Waals surface area contributed by atoms with Crippen LogP contribution in [0.1, 0.15) is 44.5 Å². The van der Waals surface area contributed by atoms with E-state index < -0.39 is 0 Å². The molecule has 0 aliphatic rings. The molecule has 0 bridgehead atoms. The first-order valence-electron chi connectivity index (χ1n) is 7.37. The van der Waals surface area contributed by atoms with Crippen LogP contribution in [0.2, 0.25) is 0 Å². The molecule has 5 nitrogen and oxygen atoms in total. The van der Waals surface area contributed by atoms with E-state index in [9.17, 15) is 0 Å². The van der Waals surface area contributed by atoms with Crippen LogP contribution >= 0.6 is 0 Å². The Morgan fingerprint density at radius 1 is 1.20 bits per heavy atom. The zero-order valence-corrected chi connectivity index (χ0v) is 12.6. The number of anilines is 1. The van der Waals surface area contributed by atoms with E-state index in [0.717, 1.165) is 55.5 Å². The lowest BCUT2D eigenvalue weighted by molar-refractivity contribution is 0.706. The smallest absolute Gasteiger partial charge is 0.130 e. The van der Waals surface area contributed by atoms with Crippen LogP contribution in [0.5, 0.6) is 0 Å². The average molecular weight is 273 g/mol. The van der Waals surface area contributed by atoms with Gasteiger partial charge in [-0.25, -0.2) is 15.0 Å². The summed E-state index contributed by atoms with van der Waals surface area (Å²) in [5, 5.41) is 3.34. The summed E-state index contributed by atoms with van der Waals surface area (Å²) < 4.78 is 2.15. The molecule has 0 aromatic carbocycles. The molecular formula is C15H23N5. The fraction of sp³-hybridized carbons (Fsp3) is 0.533. The Morgan fingerprint density at radius 3 is 2.75 bits per heavy atom. The highest BCUT2D eigenvalue weighted by Gasteiger charge is 2.07. The highest BCUT2D eigenvalue weighted by Crippen LogP contribution is 2.12. The van der Waals surface area contributed by atoms with Gasteiger partial charge in [-0.15, -0.1) is 0 Å².